The van der Waals surface area contributed by atoms with Gasteiger partial charge in [0.25, 0.3) is 4.20 Å². The Balaban J connectivity index is 1.65. The summed E-state index contributed by atoms with van der Waals surface area (Å²) in [6.45, 7) is 2.24. The number of unbranched alkanes of at least 4 members (excludes halogenated alkanes) is 2. The molecule has 1 fully saturated rings. The highest BCUT2D eigenvalue weighted by atomic mass is 32.2. The Bertz CT molecular complexity index is 581. The van der Waals surface area contributed by atoms with Gasteiger partial charge in [-0.15, -0.1) is 0 Å². The summed E-state index contributed by atoms with van der Waals surface area (Å²) in [5.74, 6) is 2.35. The predicted molar refractivity (Wildman–Crippen MR) is 109 cm³/mol. The lowest BCUT2D eigenvalue weighted by Gasteiger charge is -2.29. The van der Waals surface area contributed by atoms with E-state index < -0.39 is 0 Å². The van der Waals surface area contributed by atoms with Gasteiger partial charge in [0.05, 0.1) is 0 Å². The fourth-order valence-corrected chi connectivity index (χ4v) is 6.71. The fourth-order valence-electron chi connectivity index (χ4n) is 4.07. The van der Waals surface area contributed by atoms with Crippen molar-refractivity contribution in [3.8, 4) is 0 Å². The van der Waals surface area contributed by atoms with Gasteiger partial charge in [-0.25, -0.2) is 8.78 Å². The zero-order valence-electron chi connectivity index (χ0n) is 15.2. The molecule has 1 aliphatic heterocycles. The minimum absolute atomic E-state index is 0.215. The SMILES string of the molecule is CCCCCC1CCC(c2cc(F)c(C3=[S+]CCCS3)c(F)c2)CC1. The lowest BCUT2D eigenvalue weighted by Crippen LogP contribution is -2.15. The molecule has 0 spiro atoms. The Hall–Kier alpha value is -0.480. The normalized spacial score (nSPS) is 24.2. The van der Waals surface area contributed by atoms with Gasteiger partial charge in [0.2, 0.25) is 0 Å². The van der Waals surface area contributed by atoms with Crippen LogP contribution in [0.2, 0.25) is 0 Å². The quantitative estimate of drug-likeness (QED) is 0.306. The molecule has 0 saturated heterocycles. The van der Waals surface area contributed by atoms with E-state index in [1.807, 2.05) is 0 Å². The smallest absolute Gasteiger partial charge is 0.206 e. The summed E-state index contributed by atoms with van der Waals surface area (Å²) >= 11 is 3.19. The molecule has 0 aromatic heterocycles. The summed E-state index contributed by atoms with van der Waals surface area (Å²) in [6.07, 6.45) is 11.0. The molecule has 1 heterocycles. The number of thioether (sulfide) groups is 1. The maximum Gasteiger partial charge on any atom is 0.270 e. The molecule has 1 aromatic carbocycles. The molecule has 0 bridgehead atoms. The third-order valence-electron chi connectivity index (χ3n) is 5.56. The van der Waals surface area contributed by atoms with Crippen molar-refractivity contribution in [1.82, 2.24) is 0 Å². The lowest BCUT2D eigenvalue weighted by molar-refractivity contribution is 0.302. The topological polar surface area (TPSA) is 0 Å². The van der Waals surface area contributed by atoms with Crippen molar-refractivity contribution in [1.29, 1.82) is 0 Å². The van der Waals surface area contributed by atoms with Gasteiger partial charge in [-0.2, -0.15) is 0 Å². The van der Waals surface area contributed by atoms with Crippen LogP contribution in [0.4, 0.5) is 8.78 Å². The van der Waals surface area contributed by atoms with Crippen LogP contribution in [0.5, 0.6) is 0 Å². The van der Waals surface area contributed by atoms with Crippen molar-refractivity contribution >= 4 is 27.3 Å². The number of rotatable bonds is 6. The van der Waals surface area contributed by atoms with E-state index in [2.05, 4.69) is 6.92 Å². The predicted octanol–water partition coefficient (Wildman–Crippen LogP) is 6.52. The maximum atomic E-state index is 14.6. The first-order valence-corrected chi connectivity index (χ1v) is 11.8. The van der Waals surface area contributed by atoms with Crippen LogP contribution >= 0.6 is 11.8 Å². The highest BCUT2D eigenvalue weighted by molar-refractivity contribution is 8.23. The standard InChI is InChI=1S/C21H29F2S2/c1-2-3-4-6-15-7-9-16(10-8-15)17-13-18(22)20(19(23)14-17)21-24-11-5-12-25-21/h13-16H,2-12H2,1H3/q+1. The highest BCUT2D eigenvalue weighted by Crippen LogP contribution is 2.39. The van der Waals surface area contributed by atoms with Crippen LogP contribution in [-0.4, -0.2) is 15.7 Å². The molecule has 0 N–H and O–H groups in total. The molecule has 2 aliphatic rings. The van der Waals surface area contributed by atoms with Gasteiger partial charge >= 0.3 is 0 Å². The zero-order valence-corrected chi connectivity index (χ0v) is 16.8. The molecule has 0 nitrogen and oxygen atoms in total. The van der Waals surface area contributed by atoms with Crippen molar-refractivity contribution in [2.45, 2.75) is 70.6 Å². The van der Waals surface area contributed by atoms with Gasteiger partial charge in [0, 0.05) is 12.2 Å². The molecule has 1 aromatic rings. The second-order valence-corrected chi connectivity index (χ2v) is 9.88. The Labute approximate surface area is 159 Å². The number of halogens is 2. The fraction of sp³-hybridized carbons (Fsp3) is 0.667. The zero-order chi connectivity index (χ0) is 17.6. The van der Waals surface area contributed by atoms with Crippen LogP contribution in [0.25, 0.3) is 0 Å². The van der Waals surface area contributed by atoms with Crippen LogP contribution in [0.1, 0.15) is 81.8 Å². The molecule has 0 radical (unpaired) electrons. The van der Waals surface area contributed by atoms with Gasteiger partial charge < -0.3 is 0 Å². The van der Waals surface area contributed by atoms with E-state index in [0.29, 0.717) is 5.92 Å². The third kappa shape index (κ3) is 5.03. The van der Waals surface area contributed by atoms with Crippen LogP contribution in [0.3, 0.4) is 0 Å². The summed E-state index contributed by atoms with van der Waals surface area (Å²) in [5.41, 5.74) is 1.09. The number of hydrogen-bond donors (Lipinski definition) is 0. The molecule has 138 valence electrons. The number of hydrogen-bond acceptors (Lipinski definition) is 1. The Kier molecular flexibility index (Phi) is 7.29. The average Bonchev–Trinajstić information content (AvgIpc) is 2.63. The minimum atomic E-state index is -0.364. The molecular formula is C21H29F2S2+. The second-order valence-electron chi connectivity index (χ2n) is 7.41. The van der Waals surface area contributed by atoms with Gasteiger partial charge in [0.15, 0.2) is 17.1 Å². The van der Waals surface area contributed by atoms with E-state index in [-0.39, 0.29) is 17.2 Å². The van der Waals surface area contributed by atoms with Crippen molar-refractivity contribution in [3.63, 3.8) is 0 Å². The van der Waals surface area contributed by atoms with E-state index in [1.165, 1.54) is 38.5 Å². The van der Waals surface area contributed by atoms with Crippen LogP contribution < -0.4 is 0 Å². The molecule has 1 saturated carbocycles. The first-order valence-electron chi connectivity index (χ1n) is 9.81. The van der Waals surface area contributed by atoms with Gasteiger partial charge in [0.1, 0.15) is 17.2 Å². The first kappa shape index (κ1) is 19.3. The van der Waals surface area contributed by atoms with E-state index in [0.717, 1.165) is 46.4 Å². The Morgan fingerprint density at radius 2 is 1.80 bits per heavy atom. The highest BCUT2D eigenvalue weighted by Gasteiger charge is 2.29. The van der Waals surface area contributed by atoms with Gasteiger partial charge in [-0.1, -0.05) is 44.4 Å². The molecule has 0 amide bonds. The summed E-state index contributed by atoms with van der Waals surface area (Å²) in [4.78, 5) is 0. The molecule has 0 atom stereocenters. The van der Waals surface area contributed by atoms with E-state index in [4.69, 9.17) is 0 Å². The molecule has 1 aliphatic carbocycles. The second kappa shape index (κ2) is 9.45. The molecule has 0 unspecified atom stereocenters. The van der Waals surface area contributed by atoms with Crippen LogP contribution in [0, 0.1) is 17.6 Å². The summed E-state index contributed by atoms with van der Waals surface area (Å²) in [5, 5.41) is 0. The van der Waals surface area contributed by atoms with Crippen molar-refractivity contribution in [2.24, 2.45) is 5.92 Å². The molecule has 3 rings (SSSR count). The van der Waals surface area contributed by atoms with E-state index in [1.54, 1.807) is 35.2 Å². The third-order valence-corrected chi connectivity index (χ3v) is 8.18. The Morgan fingerprint density at radius 3 is 2.40 bits per heavy atom. The summed E-state index contributed by atoms with van der Waals surface area (Å²) < 4.78 is 30.1. The molecular weight excluding hydrogens is 354 g/mol. The van der Waals surface area contributed by atoms with Crippen molar-refractivity contribution in [3.05, 3.63) is 34.9 Å². The Morgan fingerprint density at radius 1 is 1.08 bits per heavy atom. The van der Waals surface area contributed by atoms with Crippen molar-refractivity contribution in [2.75, 3.05) is 11.5 Å². The van der Waals surface area contributed by atoms with Gasteiger partial charge in [-0.3, -0.25) is 0 Å². The average molecular weight is 384 g/mol. The van der Waals surface area contributed by atoms with E-state index >= 15 is 0 Å². The monoisotopic (exact) mass is 383 g/mol. The van der Waals surface area contributed by atoms with Gasteiger partial charge in [-0.05, 0) is 55.2 Å². The van der Waals surface area contributed by atoms with E-state index in [9.17, 15) is 8.78 Å². The summed E-state index contributed by atoms with van der Waals surface area (Å²) in [6, 6.07) is 3.23. The minimum Gasteiger partial charge on any atom is -0.206 e. The first-order chi connectivity index (χ1) is 12.2. The van der Waals surface area contributed by atoms with Crippen LogP contribution in [-0.2, 0) is 11.4 Å². The maximum absolute atomic E-state index is 14.6. The van der Waals surface area contributed by atoms with Crippen LogP contribution in [0.15, 0.2) is 12.1 Å². The van der Waals surface area contributed by atoms with Crippen molar-refractivity contribution < 1.29 is 8.78 Å². The molecule has 25 heavy (non-hydrogen) atoms. The summed E-state index contributed by atoms with van der Waals surface area (Å²) in [7, 11) is 0. The largest absolute Gasteiger partial charge is 0.270 e. The lowest BCUT2D eigenvalue weighted by atomic mass is 9.77. The molecule has 4 heteroatoms. The number of benzene rings is 1.